The molecule has 0 fully saturated rings. The maximum absolute atomic E-state index is 13.2. The van der Waals surface area contributed by atoms with Gasteiger partial charge in [0.25, 0.3) is 11.8 Å². The highest BCUT2D eigenvalue weighted by Gasteiger charge is 2.32. The summed E-state index contributed by atoms with van der Waals surface area (Å²) in [7, 11) is 3.73. The molecule has 3 N–H and O–H groups in total. The van der Waals surface area contributed by atoms with Crippen LogP contribution < -0.4 is 20.1 Å². The molecule has 0 saturated heterocycles. The first-order chi connectivity index (χ1) is 18.3. The summed E-state index contributed by atoms with van der Waals surface area (Å²) in [6.45, 7) is 0.609. The fourth-order valence-corrected chi connectivity index (χ4v) is 3.78. The fourth-order valence-electron chi connectivity index (χ4n) is 3.29. The summed E-state index contributed by atoms with van der Waals surface area (Å²) in [6.07, 6.45) is -4.91. The average Bonchev–Trinajstić information content (AvgIpc) is 2.85. The zero-order chi connectivity index (χ0) is 28.7. The predicted molar refractivity (Wildman–Crippen MR) is 141 cm³/mol. The number of rotatable bonds is 10. The number of benzene rings is 3. The molecule has 0 atom stereocenters. The van der Waals surface area contributed by atoms with Crippen LogP contribution in [0, 0.1) is 0 Å². The Labute approximate surface area is 232 Å². The topological polar surface area (TPSA) is 100 Å². The van der Waals surface area contributed by atoms with E-state index in [-0.39, 0.29) is 44.7 Å². The van der Waals surface area contributed by atoms with Crippen LogP contribution in [0.15, 0.2) is 54.6 Å². The number of ether oxygens (including phenoxy) is 2. The van der Waals surface area contributed by atoms with Gasteiger partial charge in [-0.3, -0.25) is 9.59 Å². The van der Waals surface area contributed by atoms with Crippen LogP contribution in [0.2, 0.25) is 10.0 Å². The molecule has 39 heavy (non-hydrogen) atoms. The van der Waals surface area contributed by atoms with Gasteiger partial charge in [-0.2, -0.15) is 0 Å². The van der Waals surface area contributed by atoms with Crippen LogP contribution in [0.4, 0.5) is 18.9 Å². The lowest BCUT2D eigenvalue weighted by molar-refractivity contribution is -0.274. The van der Waals surface area contributed by atoms with E-state index in [9.17, 15) is 27.9 Å². The molecule has 0 aliphatic carbocycles. The Kier molecular flexibility index (Phi) is 9.90. The Hall–Kier alpha value is -3.67. The summed E-state index contributed by atoms with van der Waals surface area (Å²) in [4.78, 5) is 28.0. The first-order valence-electron chi connectivity index (χ1n) is 11.4. The number of hydrogen-bond donors (Lipinski definition) is 3. The van der Waals surface area contributed by atoms with Gasteiger partial charge in [0, 0.05) is 24.2 Å². The molecule has 0 spiro atoms. The van der Waals surface area contributed by atoms with Gasteiger partial charge in [-0.15, -0.1) is 13.2 Å². The van der Waals surface area contributed by atoms with Gasteiger partial charge in [-0.25, -0.2) is 0 Å². The van der Waals surface area contributed by atoms with Crippen LogP contribution in [-0.4, -0.2) is 55.4 Å². The van der Waals surface area contributed by atoms with E-state index in [1.807, 2.05) is 19.0 Å². The molecule has 0 aliphatic heterocycles. The van der Waals surface area contributed by atoms with E-state index < -0.39 is 23.9 Å². The molecule has 8 nitrogen and oxygen atoms in total. The van der Waals surface area contributed by atoms with Gasteiger partial charge >= 0.3 is 6.36 Å². The van der Waals surface area contributed by atoms with Crippen molar-refractivity contribution >= 4 is 40.7 Å². The van der Waals surface area contributed by atoms with Gasteiger partial charge in [-0.05, 0) is 50.5 Å². The molecule has 0 unspecified atom stereocenters. The van der Waals surface area contributed by atoms with E-state index in [0.717, 1.165) is 6.07 Å². The molecule has 0 saturated carbocycles. The van der Waals surface area contributed by atoms with Gasteiger partial charge in [0.05, 0.1) is 21.3 Å². The SMILES string of the molecule is CN(C)CCOc1ccc(NC(=O)c2cc(Cl)c(O)c(Cl)c2)c(C(=O)NCc2ccccc2OC(F)(F)F)c1. The van der Waals surface area contributed by atoms with Crippen molar-refractivity contribution in [1.29, 1.82) is 0 Å². The van der Waals surface area contributed by atoms with Crippen LogP contribution >= 0.6 is 23.2 Å². The Balaban J connectivity index is 1.86. The van der Waals surface area contributed by atoms with Gasteiger partial charge in [0.15, 0.2) is 5.75 Å². The minimum atomic E-state index is -4.91. The number of nitrogens with one attached hydrogen (secondary N) is 2. The monoisotopic (exact) mass is 585 g/mol. The maximum atomic E-state index is 13.2. The van der Waals surface area contributed by atoms with Crippen LogP contribution in [0.1, 0.15) is 26.3 Å². The standard InChI is InChI=1S/C26H24Cl2F3N3O5/c1-34(2)9-10-38-17-7-8-21(33-24(36)16-11-19(27)23(35)20(28)12-16)18(13-17)25(37)32-14-15-5-3-4-6-22(15)39-26(29,30)31/h3-8,11-13,35H,9-10,14H2,1-2H3,(H,32,37)(H,33,36). The van der Waals surface area contributed by atoms with E-state index in [4.69, 9.17) is 27.9 Å². The number of halogens is 5. The lowest BCUT2D eigenvalue weighted by atomic mass is 10.1. The van der Waals surface area contributed by atoms with Gasteiger partial charge in [0.1, 0.15) is 18.1 Å². The maximum Gasteiger partial charge on any atom is 0.573 e. The number of phenolic OH excluding ortho intramolecular Hbond substituents is 1. The molecule has 2 amide bonds. The van der Waals surface area contributed by atoms with Crippen LogP contribution in [0.3, 0.4) is 0 Å². The molecule has 3 aromatic rings. The predicted octanol–water partition coefficient (Wildman–Crippen LogP) is 5.72. The summed E-state index contributed by atoms with van der Waals surface area (Å²) in [6, 6.07) is 12.2. The van der Waals surface area contributed by atoms with Crippen molar-refractivity contribution in [1.82, 2.24) is 10.2 Å². The third-order valence-corrected chi connectivity index (χ3v) is 5.78. The fraction of sp³-hybridized carbons (Fsp3) is 0.231. The normalized spacial score (nSPS) is 11.3. The number of likely N-dealkylation sites (N-methyl/N-ethyl adjacent to an activating group) is 1. The minimum Gasteiger partial charge on any atom is -0.505 e. The lowest BCUT2D eigenvalue weighted by Gasteiger charge is -2.16. The number of anilines is 1. The van der Waals surface area contributed by atoms with Crippen molar-refractivity contribution < 1.29 is 37.3 Å². The Bertz CT molecular complexity index is 1330. The van der Waals surface area contributed by atoms with E-state index in [0.29, 0.717) is 18.9 Å². The van der Waals surface area contributed by atoms with E-state index in [1.165, 1.54) is 42.5 Å². The van der Waals surface area contributed by atoms with E-state index >= 15 is 0 Å². The number of amides is 2. The van der Waals surface area contributed by atoms with Crippen molar-refractivity contribution in [3.05, 3.63) is 81.3 Å². The largest absolute Gasteiger partial charge is 0.573 e. The number of phenols is 1. The number of carbonyl (C=O) groups is 2. The van der Waals surface area contributed by atoms with Crippen LogP contribution in [0.5, 0.6) is 17.2 Å². The highest BCUT2D eigenvalue weighted by Crippen LogP contribution is 2.33. The van der Waals surface area contributed by atoms with Crippen molar-refractivity contribution in [2.24, 2.45) is 0 Å². The molecule has 0 aliphatic rings. The van der Waals surface area contributed by atoms with Crippen molar-refractivity contribution in [2.75, 3.05) is 32.6 Å². The molecular weight excluding hydrogens is 562 g/mol. The van der Waals surface area contributed by atoms with Gasteiger partial charge < -0.3 is 30.1 Å². The summed E-state index contributed by atoms with van der Waals surface area (Å²) < 4.78 is 48.0. The molecular formula is C26H24Cl2F3N3O5. The number of hydrogen-bond acceptors (Lipinski definition) is 6. The number of alkyl halides is 3. The first kappa shape index (κ1) is 29.9. The summed E-state index contributed by atoms with van der Waals surface area (Å²) in [5.41, 5.74) is 0.160. The number of aromatic hydroxyl groups is 1. The van der Waals surface area contributed by atoms with Crippen molar-refractivity contribution in [3.8, 4) is 17.2 Å². The Morgan fingerprint density at radius 2 is 1.67 bits per heavy atom. The zero-order valence-corrected chi connectivity index (χ0v) is 22.2. The number of para-hydroxylation sites is 1. The molecule has 0 heterocycles. The molecule has 0 aromatic heterocycles. The third kappa shape index (κ3) is 8.67. The smallest absolute Gasteiger partial charge is 0.505 e. The number of nitrogens with zero attached hydrogens (tertiary/aromatic N) is 1. The van der Waals surface area contributed by atoms with Crippen molar-refractivity contribution in [3.63, 3.8) is 0 Å². The molecule has 0 bridgehead atoms. The van der Waals surface area contributed by atoms with Gasteiger partial charge in [-0.1, -0.05) is 41.4 Å². The molecule has 3 aromatic carbocycles. The average molecular weight is 586 g/mol. The second-order valence-corrected chi connectivity index (χ2v) is 9.25. The summed E-state index contributed by atoms with van der Waals surface area (Å²) in [5.74, 6) is -1.90. The lowest BCUT2D eigenvalue weighted by Crippen LogP contribution is -2.26. The molecule has 208 valence electrons. The van der Waals surface area contributed by atoms with Crippen LogP contribution in [0.25, 0.3) is 0 Å². The van der Waals surface area contributed by atoms with Crippen molar-refractivity contribution in [2.45, 2.75) is 12.9 Å². The second-order valence-electron chi connectivity index (χ2n) is 8.44. The molecule has 3 rings (SSSR count). The Morgan fingerprint density at radius 3 is 2.31 bits per heavy atom. The first-order valence-corrected chi connectivity index (χ1v) is 12.1. The van der Waals surface area contributed by atoms with E-state index in [1.54, 1.807) is 6.07 Å². The summed E-state index contributed by atoms with van der Waals surface area (Å²) in [5, 5.41) is 14.6. The van der Waals surface area contributed by atoms with E-state index in [2.05, 4.69) is 15.4 Å². The Morgan fingerprint density at radius 1 is 1.00 bits per heavy atom. The third-order valence-electron chi connectivity index (χ3n) is 5.21. The quantitative estimate of drug-likeness (QED) is 0.281. The summed E-state index contributed by atoms with van der Waals surface area (Å²) >= 11 is 11.8. The highest BCUT2D eigenvalue weighted by atomic mass is 35.5. The van der Waals surface area contributed by atoms with Crippen LogP contribution in [-0.2, 0) is 6.54 Å². The molecule has 0 radical (unpaired) electrons. The molecule has 13 heteroatoms. The highest BCUT2D eigenvalue weighted by molar-refractivity contribution is 6.37. The number of carbonyl (C=O) groups excluding carboxylic acids is 2. The zero-order valence-electron chi connectivity index (χ0n) is 20.7. The van der Waals surface area contributed by atoms with Gasteiger partial charge in [0.2, 0.25) is 0 Å². The second kappa shape index (κ2) is 12.9. The minimum absolute atomic E-state index is 0.0127.